The number of nitrogens with zero attached hydrogens (tertiary/aromatic N) is 2. The van der Waals surface area contributed by atoms with Gasteiger partial charge in [-0.05, 0) is 40.3 Å². The lowest BCUT2D eigenvalue weighted by molar-refractivity contribution is -0.385. The molecule has 1 aliphatic heterocycles. The van der Waals surface area contributed by atoms with Crippen molar-refractivity contribution in [3.8, 4) is 11.5 Å². The van der Waals surface area contributed by atoms with E-state index in [1.165, 1.54) is 19.2 Å². The van der Waals surface area contributed by atoms with Crippen LogP contribution >= 0.6 is 39.5 Å². The van der Waals surface area contributed by atoms with E-state index in [9.17, 15) is 14.9 Å². The lowest BCUT2D eigenvalue weighted by Gasteiger charge is -2.31. The molecule has 1 fully saturated rings. The zero-order chi connectivity index (χ0) is 20.7. The predicted molar refractivity (Wildman–Crippen MR) is 118 cm³/mol. The number of amides is 1. The number of alkyl halides is 1. The van der Waals surface area contributed by atoms with Gasteiger partial charge in [0, 0.05) is 12.6 Å². The van der Waals surface area contributed by atoms with Crippen LogP contribution in [-0.2, 0) is 0 Å². The molecule has 0 spiro atoms. The summed E-state index contributed by atoms with van der Waals surface area (Å²) in [5, 5.41) is 11.6. The summed E-state index contributed by atoms with van der Waals surface area (Å²) in [6.07, 6.45) is 1.81. The van der Waals surface area contributed by atoms with Crippen molar-refractivity contribution >= 4 is 51.0 Å². The molecular formula is C18H25BrN2O5S2. The topological polar surface area (TPSA) is 81.9 Å². The Hall–Kier alpha value is -1.13. The van der Waals surface area contributed by atoms with Gasteiger partial charge >= 0.3 is 0 Å². The lowest BCUT2D eigenvalue weighted by Crippen LogP contribution is -2.41. The summed E-state index contributed by atoms with van der Waals surface area (Å²) in [5.74, 6) is 2.12. The Labute approximate surface area is 182 Å². The summed E-state index contributed by atoms with van der Waals surface area (Å²) in [6, 6.07) is 2.74. The van der Waals surface area contributed by atoms with Crippen LogP contribution < -0.4 is 9.47 Å². The molecule has 0 bridgehead atoms. The van der Waals surface area contributed by atoms with E-state index >= 15 is 0 Å². The number of methoxy groups -OCH3 is 1. The maximum absolute atomic E-state index is 13.3. The summed E-state index contributed by atoms with van der Waals surface area (Å²) in [7, 11) is 1.45. The van der Waals surface area contributed by atoms with Gasteiger partial charge in [-0.25, -0.2) is 0 Å². The third-order valence-corrected chi connectivity index (χ3v) is 7.45. The van der Waals surface area contributed by atoms with E-state index in [0.717, 1.165) is 24.3 Å². The van der Waals surface area contributed by atoms with Gasteiger partial charge in [-0.2, -0.15) is 0 Å². The Balaban J connectivity index is 2.41. The Morgan fingerprint density at radius 2 is 2.04 bits per heavy atom. The minimum absolute atomic E-state index is 0.0393. The van der Waals surface area contributed by atoms with Crippen molar-refractivity contribution in [1.82, 2.24) is 4.90 Å². The van der Waals surface area contributed by atoms with E-state index < -0.39 is 4.92 Å². The fraction of sp³-hybridized carbons (Fsp3) is 0.611. The van der Waals surface area contributed by atoms with Crippen LogP contribution in [0.3, 0.4) is 0 Å². The van der Waals surface area contributed by atoms with Gasteiger partial charge in [-0.15, -0.1) is 23.5 Å². The van der Waals surface area contributed by atoms with E-state index in [-0.39, 0.29) is 39.0 Å². The molecule has 10 heteroatoms. The van der Waals surface area contributed by atoms with Crippen LogP contribution in [0.5, 0.6) is 11.5 Å². The molecule has 28 heavy (non-hydrogen) atoms. The number of hydrogen-bond acceptors (Lipinski definition) is 7. The number of halogens is 1. The molecular weight excluding hydrogens is 468 g/mol. The molecule has 156 valence electrons. The van der Waals surface area contributed by atoms with E-state index in [4.69, 9.17) is 9.47 Å². The van der Waals surface area contributed by atoms with Crippen molar-refractivity contribution in [2.45, 2.75) is 37.3 Å². The molecule has 1 aliphatic rings. The Morgan fingerprint density at radius 1 is 1.36 bits per heavy atom. The van der Waals surface area contributed by atoms with Gasteiger partial charge in [0.25, 0.3) is 11.6 Å². The van der Waals surface area contributed by atoms with E-state index in [2.05, 4.69) is 29.8 Å². The van der Waals surface area contributed by atoms with Crippen LogP contribution in [0.4, 0.5) is 5.69 Å². The van der Waals surface area contributed by atoms with Crippen LogP contribution in [0, 0.1) is 10.1 Å². The van der Waals surface area contributed by atoms with E-state index in [1.807, 2.05) is 23.5 Å². The molecule has 1 aromatic rings. The highest BCUT2D eigenvalue weighted by molar-refractivity contribution is 9.09. The van der Waals surface area contributed by atoms with Gasteiger partial charge in [-0.3, -0.25) is 14.9 Å². The molecule has 7 nitrogen and oxygen atoms in total. The quantitative estimate of drug-likeness (QED) is 0.201. The average molecular weight is 493 g/mol. The van der Waals surface area contributed by atoms with Crippen molar-refractivity contribution in [2.24, 2.45) is 0 Å². The number of likely N-dealkylation sites (tertiary alicyclic amines) is 1. The van der Waals surface area contributed by atoms with Crippen LogP contribution in [-0.4, -0.2) is 57.0 Å². The molecule has 0 aliphatic carbocycles. The highest BCUT2D eigenvalue weighted by Crippen LogP contribution is 2.39. The standard InChI is InChI=1S/C18H25BrN2O5S2/c1-4-27-18(28-5-2)13-7-6-8-20(13)17(22)12-9-15(25-3)16(26-11-19)10-14(12)21(23)24/h9-10,13,18H,4-8,11H2,1-3H3. The molecule has 1 atom stereocenters. The number of hydrogen-bond donors (Lipinski definition) is 0. The van der Waals surface area contributed by atoms with Crippen molar-refractivity contribution < 1.29 is 19.2 Å². The summed E-state index contributed by atoms with van der Waals surface area (Å²) in [5.41, 5.74) is -0.0701. The third kappa shape index (κ3) is 5.27. The molecule has 0 aromatic heterocycles. The fourth-order valence-electron chi connectivity index (χ4n) is 3.28. The minimum Gasteiger partial charge on any atom is -0.493 e. The van der Waals surface area contributed by atoms with Crippen LogP contribution in [0.1, 0.15) is 37.0 Å². The number of benzene rings is 1. The molecule has 1 saturated heterocycles. The van der Waals surface area contributed by atoms with Gasteiger partial charge < -0.3 is 14.4 Å². The first-order valence-electron chi connectivity index (χ1n) is 9.07. The number of thioether (sulfide) groups is 2. The van der Waals surface area contributed by atoms with Gasteiger partial charge in [0.05, 0.1) is 28.7 Å². The van der Waals surface area contributed by atoms with Crippen LogP contribution in [0.25, 0.3) is 0 Å². The number of nitro benzene ring substituents is 1. The molecule has 1 unspecified atom stereocenters. The van der Waals surface area contributed by atoms with Crippen LogP contribution in [0.15, 0.2) is 12.1 Å². The van der Waals surface area contributed by atoms with Gasteiger partial charge in [-0.1, -0.05) is 13.8 Å². The predicted octanol–water partition coefficient (Wildman–Crippen LogP) is 4.77. The second-order valence-electron chi connectivity index (χ2n) is 6.02. The van der Waals surface area contributed by atoms with Crippen LogP contribution in [0.2, 0.25) is 0 Å². The van der Waals surface area contributed by atoms with Crippen molar-refractivity contribution in [3.05, 3.63) is 27.8 Å². The summed E-state index contributed by atoms with van der Waals surface area (Å²) < 4.78 is 10.9. The zero-order valence-corrected chi connectivity index (χ0v) is 19.4. The number of rotatable bonds is 10. The Morgan fingerprint density at radius 3 is 2.57 bits per heavy atom. The lowest BCUT2D eigenvalue weighted by atomic mass is 10.1. The summed E-state index contributed by atoms with van der Waals surface area (Å²) in [6.45, 7) is 4.81. The average Bonchev–Trinajstić information content (AvgIpc) is 3.16. The summed E-state index contributed by atoms with van der Waals surface area (Å²) >= 11 is 6.79. The first kappa shape index (κ1) is 23.2. The van der Waals surface area contributed by atoms with E-state index in [1.54, 1.807) is 4.90 Å². The normalized spacial score (nSPS) is 16.5. The van der Waals surface area contributed by atoms with Gasteiger partial charge in [0.1, 0.15) is 11.1 Å². The zero-order valence-electron chi connectivity index (χ0n) is 16.2. The minimum atomic E-state index is -0.544. The number of ether oxygens (including phenoxy) is 2. The van der Waals surface area contributed by atoms with E-state index in [0.29, 0.717) is 12.3 Å². The first-order valence-corrected chi connectivity index (χ1v) is 12.3. The smallest absolute Gasteiger partial charge is 0.286 e. The molecule has 0 saturated carbocycles. The molecule has 0 N–H and O–H groups in total. The number of carbonyl (C=O) groups is 1. The molecule has 1 heterocycles. The largest absolute Gasteiger partial charge is 0.493 e. The Bertz CT molecular complexity index is 701. The third-order valence-electron chi connectivity index (χ3n) is 4.46. The number of nitro groups is 1. The molecule has 0 radical (unpaired) electrons. The first-order chi connectivity index (χ1) is 13.5. The second kappa shape index (κ2) is 11.2. The maximum Gasteiger partial charge on any atom is 0.286 e. The molecule has 2 rings (SSSR count). The summed E-state index contributed by atoms with van der Waals surface area (Å²) in [4.78, 5) is 26.2. The SMILES string of the molecule is CCSC(SCC)C1CCCN1C(=O)c1cc(OC)c(OCBr)cc1[N+](=O)[O-]. The Kier molecular flexibility index (Phi) is 9.23. The van der Waals surface area contributed by atoms with Crippen molar-refractivity contribution in [3.63, 3.8) is 0 Å². The molecule has 1 aromatic carbocycles. The number of carbonyl (C=O) groups excluding carboxylic acids is 1. The fourth-order valence-corrected chi connectivity index (χ4v) is 6.40. The van der Waals surface area contributed by atoms with Crippen molar-refractivity contribution in [2.75, 3.05) is 30.7 Å². The van der Waals surface area contributed by atoms with Gasteiger partial charge in [0.15, 0.2) is 11.5 Å². The van der Waals surface area contributed by atoms with Crippen molar-refractivity contribution in [1.29, 1.82) is 0 Å². The highest BCUT2D eigenvalue weighted by Gasteiger charge is 2.38. The van der Waals surface area contributed by atoms with Gasteiger partial charge in [0.2, 0.25) is 0 Å². The second-order valence-corrected chi connectivity index (χ2v) is 9.61. The highest BCUT2D eigenvalue weighted by atomic mass is 79.9. The molecule has 1 amide bonds. The monoisotopic (exact) mass is 492 g/mol. The maximum atomic E-state index is 13.3.